The second-order valence-corrected chi connectivity index (χ2v) is 7.46. The van der Waals surface area contributed by atoms with Crippen molar-refractivity contribution in [2.75, 3.05) is 18.5 Å². The number of amides is 1. The molecule has 1 aliphatic rings. The summed E-state index contributed by atoms with van der Waals surface area (Å²) >= 11 is 0. The van der Waals surface area contributed by atoms with Gasteiger partial charge in [-0.25, -0.2) is 13.1 Å². The summed E-state index contributed by atoms with van der Waals surface area (Å²) in [6.07, 6.45) is 1.91. The van der Waals surface area contributed by atoms with Gasteiger partial charge in [0.2, 0.25) is 15.9 Å². The van der Waals surface area contributed by atoms with Crippen LogP contribution >= 0.6 is 0 Å². The number of nitrogens with one attached hydrogen (secondary N) is 3. The fraction of sp³-hybridized carbons (Fsp3) is 0.667. The Hall–Kier alpha value is -1.45. The third-order valence-electron chi connectivity index (χ3n) is 3.14. The molecule has 1 atom stereocenters. The summed E-state index contributed by atoms with van der Waals surface area (Å²) in [4.78, 5) is 12.2. The Bertz CT molecular complexity index is 566. The second kappa shape index (κ2) is 6.54. The van der Waals surface area contributed by atoms with Crippen LogP contribution in [0.5, 0.6) is 0 Å². The number of aromatic nitrogens is 2. The van der Waals surface area contributed by atoms with Crippen LogP contribution in [0.15, 0.2) is 12.3 Å². The number of H-pyrrole nitrogens is 1. The molecule has 0 bridgehead atoms. The Labute approximate surface area is 123 Å². The van der Waals surface area contributed by atoms with Crippen molar-refractivity contribution < 1.29 is 17.9 Å². The fourth-order valence-corrected chi connectivity index (χ4v) is 3.26. The summed E-state index contributed by atoms with van der Waals surface area (Å²) in [5.74, 6) is 0.194. The van der Waals surface area contributed by atoms with Gasteiger partial charge in [-0.05, 0) is 12.3 Å². The molecule has 9 heteroatoms. The third kappa shape index (κ3) is 4.26. The highest BCUT2D eigenvalue weighted by Gasteiger charge is 2.36. The maximum absolute atomic E-state index is 12.2. The molecule has 1 aliphatic heterocycles. The summed E-state index contributed by atoms with van der Waals surface area (Å²) in [6.45, 7) is 4.20. The van der Waals surface area contributed by atoms with Gasteiger partial charge in [-0.3, -0.25) is 9.89 Å². The lowest BCUT2D eigenvalue weighted by Crippen LogP contribution is -2.53. The molecule has 1 saturated heterocycles. The van der Waals surface area contributed by atoms with E-state index in [0.29, 0.717) is 12.2 Å². The summed E-state index contributed by atoms with van der Waals surface area (Å²) in [5, 5.41) is 8.36. The molecule has 0 saturated carbocycles. The Morgan fingerprint density at radius 3 is 2.71 bits per heavy atom. The second-order valence-electron chi connectivity index (χ2n) is 5.46. The Kier molecular flexibility index (Phi) is 4.96. The zero-order chi connectivity index (χ0) is 15.5. The average Bonchev–Trinajstić information content (AvgIpc) is 2.76. The molecule has 1 amide bonds. The first-order valence-corrected chi connectivity index (χ1v) is 8.32. The standard InChI is InChI=1S/C12H20N4O4S/c1-8(2)5-10(12(17)14-11-3-4-13-15-11)16-21(18,19)9-6-20-7-9/h3-4,8-10,16H,5-7H2,1-2H3,(H2,13,14,15,17). The normalized spacial score (nSPS) is 17.5. The van der Waals surface area contributed by atoms with Gasteiger partial charge in [0, 0.05) is 6.07 Å². The van der Waals surface area contributed by atoms with Crippen molar-refractivity contribution in [3.8, 4) is 0 Å². The molecule has 1 unspecified atom stereocenters. The zero-order valence-corrected chi connectivity index (χ0v) is 12.8. The van der Waals surface area contributed by atoms with E-state index in [4.69, 9.17) is 4.74 Å². The van der Waals surface area contributed by atoms with Crippen LogP contribution in [0.3, 0.4) is 0 Å². The molecule has 0 spiro atoms. The van der Waals surface area contributed by atoms with E-state index in [1.165, 1.54) is 6.20 Å². The van der Waals surface area contributed by atoms with Gasteiger partial charge >= 0.3 is 0 Å². The highest BCUT2D eigenvalue weighted by Crippen LogP contribution is 2.14. The summed E-state index contributed by atoms with van der Waals surface area (Å²) in [6, 6.07) is 0.775. The molecule has 1 fully saturated rings. The van der Waals surface area contributed by atoms with E-state index in [0.717, 1.165) is 0 Å². The lowest BCUT2D eigenvalue weighted by molar-refractivity contribution is -0.118. The molecule has 2 heterocycles. The Morgan fingerprint density at radius 1 is 1.52 bits per heavy atom. The molecule has 118 valence electrons. The minimum Gasteiger partial charge on any atom is -0.378 e. The van der Waals surface area contributed by atoms with Crippen molar-refractivity contribution in [2.45, 2.75) is 31.6 Å². The van der Waals surface area contributed by atoms with E-state index in [2.05, 4.69) is 20.2 Å². The van der Waals surface area contributed by atoms with Crippen LogP contribution in [0.4, 0.5) is 5.82 Å². The topological polar surface area (TPSA) is 113 Å². The van der Waals surface area contributed by atoms with Crippen LogP contribution in [-0.2, 0) is 19.6 Å². The van der Waals surface area contributed by atoms with Crippen molar-refractivity contribution in [3.63, 3.8) is 0 Å². The van der Waals surface area contributed by atoms with Crippen LogP contribution in [0.2, 0.25) is 0 Å². The monoisotopic (exact) mass is 316 g/mol. The highest BCUT2D eigenvalue weighted by molar-refractivity contribution is 7.90. The average molecular weight is 316 g/mol. The molecule has 0 radical (unpaired) electrons. The number of hydrogen-bond donors (Lipinski definition) is 3. The van der Waals surface area contributed by atoms with Gasteiger partial charge in [0.15, 0.2) is 0 Å². The number of sulfonamides is 1. The first kappa shape index (κ1) is 15.9. The van der Waals surface area contributed by atoms with Gasteiger partial charge in [-0.1, -0.05) is 13.8 Å². The molecular weight excluding hydrogens is 296 g/mol. The number of rotatable bonds is 7. The fourth-order valence-electron chi connectivity index (χ4n) is 1.91. The lowest BCUT2D eigenvalue weighted by Gasteiger charge is -2.28. The smallest absolute Gasteiger partial charge is 0.243 e. The van der Waals surface area contributed by atoms with Crippen LogP contribution in [-0.4, -0.2) is 49.0 Å². The van der Waals surface area contributed by atoms with Crippen molar-refractivity contribution in [1.82, 2.24) is 14.9 Å². The molecule has 8 nitrogen and oxygen atoms in total. The third-order valence-corrected chi connectivity index (χ3v) is 4.90. The van der Waals surface area contributed by atoms with E-state index >= 15 is 0 Å². The number of hydrogen-bond acceptors (Lipinski definition) is 5. The zero-order valence-electron chi connectivity index (χ0n) is 12.0. The number of aromatic amines is 1. The summed E-state index contributed by atoms with van der Waals surface area (Å²) in [7, 11) is -3.55. The number of nitrogens with zero attached hydrogens (tertiary/aromatic N) is 1. The molecule has 3 N–H and O–H groups in total. The van der Waals surface area contributed by atoms with Crippen molar-refractivity contribution >= 4 is 21.7 Å². The minimum absolute atomic E-state index is 0.169. The maximum atomic E-state index is 12.2. The van der Waals surface area contributed by atoms with Gasteiger partial charge < -0.3 is 10.1 Å². The van der Waals surface area contributed by atoms with Crippen LogP contribution in [0.1, 0.15) is 20.3 Å². The van der Waals surface area contributed by atoms with E-state index in [1.807, 2.05) is 13.8 Å². The molecular formula is C12H20N4O4S. The van der Waals surface area contributed by atoms with Crippen LogP contribution < -0.4 is 10.0 Å². The van der Waals surface area contributed by atoms with Gasteiger partial charge in [0.1, 0.15) is 17.1 Å². The molecule has 21 heavy (non-hydrogen) atoms. The van der Waals surface area contributed by atoms with Gasteiger partial charge in [-0.15, -0.1) is 0 Å². The SMILES string of the molecule is CC(C)CC(NS(=O)(=O)C1COC1)C(=O)Nc1ccn[nH]1. The maximum Gasteiger partial charge on any atom is 0.243 e. The number of anilines is 1. The number of carbonyl (C=O) groups is 1. The first-order valence-electron chi connectivity index (χ1n) is 6.77. The van der Waals surface area contributed by atoms with Gasteiger partial charge in [-0.2, -0.15) is 5.10 Å². The summed E-state index contributed by atoms with van der Waals surface area (Å²) in [5.41, 5.74) is 0. The van der Waals surface area contributed by atoms with E-state index in [9.17, 15) is 13.2 Å². The minimum atomic E-state index is -3.55. The molecule has 2 rings (SSSR count). The predicted molar refractivity (Wildman–Crippen MR) is 77.1 cm³/mol. The number of carbonyl (C=O) groups excluding carboxylic acids is 1. The van der Waals surface area contributed by atoms with Crippen LogP contribution in [0, 0.1) is 5.92 Å². The predicted octanol–water partition coefficient (Wildman–Crippen LogP) is 0.0811. The van der Waals surface area contributed by atoms with E-state index < -0.39 is 27.2 Å². The van der Waals surface area contributed by atoms with Crippen molar-refractivity contribution in [1.29, 1.82) is 0 Å². The number of ether oxygens (including phenoxy) is 1. The lowest BCUT2D eigenvalue weighted by atomic mass is 10.0. The first-order chi connectivity index (χ1) is 9.88. The Morgan fingerprint density at radius 2 is 2.24 bits per heavy atom. The molecule has 1 aromatic heterocycles. The highest BCUT2D eigenvalue weighted by atomic mass is 32.2. The largest absolute Gasteiger partial charge is 0.378 e. The molecule has 1 aromatic rings. The summed E-state index contributed by atoms with van der Waals surface area (Å²) < 4.78 is 31.6. The Balaban J connectivity index is 2.04. The van der Waals surface area contributed by atoms with E-state index in [-0.39, 0.29) is 19.1 Å². The molecule has 0 aromatic carbocycles. The van der Waals surface area contributed by atoms with Crippen molar-refractivity contribution in [3.05, 3.63) is 12.3 Å². The van der Waals surface area contributed by atoms with Crippen LogP contribution in [0.25, 0.3) is 0 Å². The van der Waals surface area contributed by atoms with Gasteiger partial charge in [0.25, 0.3) is 0 Å². The molecule has 0 aliphatic carbocycles. The van der Waals surface area contributed by atoms with Crippen molar-refractivity contribution in [2.24, 2.45) is 5.92 Å². The quantitative estimate of drug-likeness (QED) is 0.659. The van der Waals surface area contributed by atoms with Gasteiger partial charge in [0.05, 0.1) is 19.4 Å². The van der Waals surface area contributed by atoms with E-state index in [1.54, 1.807) is 6.07 Å².